The number of rotatable bonds is 6. The van der Waals surface area contributed by atoms with E-state index in [4.69, 9.17) is 4.42 Å². The van der Waals surface area contributed by atoms with E-state index in [2.05, 4.69) is 37.7 Å². The first-order valence-electron chi connectivity index (χ1n) is 8.20. The zero-order valence-electron chi connectivity index (χ0n) is 14.5. The van der Waals surface area contributed by atoms with E-state index in [0.29, 0.717) is 12.4 Å². The van der Waals surface area contributed by atoms with E-state index in [1.165, 1.54) is 4.88 Å². The van der Waals surface area contributed by atoms with Gasteiger partial charge in [-0.05, 0) is 30.0 Å². The van der Waals surface area contributed by atoms with Gasteiger partial charge in [0, 0.05) is 31.1 Å². The van der Waals surface area contributed by atoms with Crippen LogP contribution in [0, 0.1) is 0 Å². The summed E-state index contributed by atoms with van der Waals surface area (Å²) >= 11 is 1.79. The first-order valence-corrected chi connectivity index (χ1v) is 9.08. The summed E-state index contributed by atoms with van der Waals surface area (Å²) in [5, 5.41) is 5.45. The van der Waals surface area contributed by atoms with Crippen LogP contribution in [0.1, 0.15) is 10.6 Å². The van der Waals surface area contributed by atoms with Crippen LogP contribution in [-0.2, 0) is 13.0 Å². The topological polar surface area (TPSA) is 53.7 Å². The number of likely N-dealkylation sites (N-methyl/N-ethyl adjacent to an activating group) is 1. The molecule has 0 fully saturated rings. The van der Waals surface area contributed by atoms with Gasteiger partial charge in [-0.1, -0.05) is 24.3 Å². The number of aromatic nitrogens is 1. The van der Waals surface area contributed by atoms with Gasteiger partial charge < -0.3 is 14.6 Å². The molecule has 0 amide bonds. The van der Waals surface area contributed by atoms with Crippen LogP contribution in [0.4, 0.5) is 0 Å². The van der Waals surface area contributed by atoms with E-state index in [-0.39, 0.29) is 0 Å². The molecule has 5 nitrogen and oxygen atoms in total. The maximum absolute atomic E-state index is 5.57. The minimum Gasteiger partial charge on any atom is -0.444 e. The summed E-state index contributed by atoms with van der Waals surface area (Å²) in [6.45, 7) is 1.49. The van der Waals surface area contributed by atoms with E-state index in [9.17, 15) is 0 Å². The SMILES string of the molecule is CN=C(NCc1coc(-c2ccccc2)n1)N(C)CCc1cccs1. The molecule has 0 aliphatic heterocycles. The Morgan fingerprint density at radius 3 is 2.80 bits per heavy atom. The molecule has 6 heteroatoms. The summed E-state index contributed by atoms with van der Waals surface area (Å²) in [5.41, 5.74) is 1.83. The van der Waals surface area contributed by atoms with Crippen LogP contribution in [0.25, 0.3) is 11.5 Å². The average molecular weight is 354 g/mol. The summed E-state index contributed by atoms with van der Waals surface area (Å²) in [7, 11) is 3.84. The first kappa shape index (κ1) is 17.2. The number of nitrogens with zero attached hydrogens (tertiary/aromatic N) is 3. The summed E-state index contributed by atoms with van der Waals surface area (Å²) in [5.74, 6) is 1.49. The van der Waals surface area contributed by atoms with E-state index in [1.807, 2.05) is 37.4 Å². The second-order valence-electron chi connectivity index (χ2n) is 5.66. The number of aliphatic imine (C=N–C) groups is 1. The molecule has 0 spiro atoms. The van der Waals surface area contributed by atoms with Gasteiger partial charge in [-0.3, -0.25) is 4.99 Å². The molecule has 1 aromatic carbocycles. The van der Waals surface area contributed by atoms with Crippen molar-refractivity contribution >= 4 is 17.3 Å². The van der Waals surface area contributed by atoms with Gasteiger partial charge in [-0.25, -0.2) is 4.98 Å². The molecule has 0 unspecified atom stereocenters. The number of oxazole rings is 1. The fraction of sp³-hybridized carbons (Fsp3) is 0.263. The molecule has 25 heavy (non-hydrogen) atoms. The highest BCUT2D eigenvalue weighted by Crippen LogP contribution is 2.17. The van der Waals surface area contributed by atoms with Crippen molar-refractivity contribution in [2.45, 2.75) is 13.0 Å². The predicted octanol–water partition coefficient (Wildman–Crippen LogP) is 3.65. The summed E-state index contributed by atoms with van der Waals surface area (Å²) in [4.78, 5) is 12.4. The van der Waals surface area contributed by atoms with Crippen molar-refractivity contribution in [1.82, 2.24) is 15.2 Å². The predicted molar refractivity (Wildman–Crippen MR) is 103 cm³/mol. The molecule has 3 rings (SSSR count). The Bertz CT molecular complexity index is 796. The normalized spacial score (nSPS) is 11.5. The molecular weight excluding hydrogens is 332 g/mol. The molecule has 0 aliphatic rings. The van der Waals surface area contributed by atoms with E-state index >= 15 is 0 Å². The molecule has 0 saturated carbocycles. The van der Waals surface area contributed by atoms with E-state index < -0.39 is 0 Å². The lowest BCUT2D eigenvalue weighted by atomic mass is 10.2. The third-order valence-corrected chi connectivity index (χ3v) is 4.78. The van der Waals surface area contributed by atoms with Crippen molar-refractivity contribution in [1.29, 1.82) is 0 Å². The Labute approximate surface area is 152 Å². The van der Waals surface area contributed by atoms with Gasteiger partial charge in [0.2, 0.25) is 5.89 Å². The van der Waals surface area contributed by atoms with Crippen LogP contribution in [0.5, 0.6) is 0 Å². The van der Waals surface area contributed by atoms with Crippen molar-refractivity contribution in [2.75, 3.05) is 20.6 Å². The molecule has 0 radical (unpaired) electrons. The van der Waals surface area contributed by atoms with Gasteiger partial charge in [-0.2, -0.15) is 0 Å². The number of thiophene rings is 1. The Morgan fingerprint density at radius 2 is 2.08 bits per heavy atom. The molecule has 130 valence electrons. The first-order chi connectivity index (χ1) is 12.3. The number of guanidine groups is 1. The lowest BCUT2D eigenvalue weighted by Crippen LogP contribution is -2.39. The summed E-state index contributed by atoms with van der Waals surface area (Å²) in [6, 6.07) is 14.1. The van der Waals surface area contributed by atoms with Crippen LogP contribution in [0.2, 0.25) is 0 Å². The lowest BCUT2D eigenvalue weighted by molar-refractivity contribution is 0.485. The van der Waals surface area contributed by atoms with Gasteiger partial charge in [0.15, 0.2) is 5.96 Å². The number of hydrogen-bond donors (Lipinski definition) is 1. The van der Waals surface area contributed by atoms with Crippen LogP contribution >= 0.6 is 11.3 Å². The highest BCUT2D eigenvalue weighted by atomic mass is 32.1. The maximum Gasteiger partial charge on any atom is 0.226 e. The fourth-order valence-corrected chi connectivity index (χ4v) is 3.19. The molecule has 1 N–H and O–H groups in total. The van der Waals surface area contributed by atoms with E-state index in [0.717, 1.165) is 30.2 Å². The second-order valence-corrected chi connectivity index (χ2v) is 6.69. The molecule has 0 saturated heterocycles. The Kier molecular flexibility index (Phi) is 5.85. The van der Waals surface area contributed by atoms with Crippen LogP contribution < -0.4 is 5.32 Å². The second kappa shape index (κ2) is 8.48. The molecular formula is C19H22N4OS. The van der Waals surface area contributed by atoms with Gasteiger partial charge in [-0.15, -0.1) is 11.3 Å². The molecule has 0 aliphatic carbocycles. The number of hydrogen-bond acceptors (Lipinski definition) is 4. The third kappa shape index (κ3) is 4.70. The van der Waals surface area contributed by atoms with Gasteiger partial charge in [0.25, 0.3) is 0 Å². The van der Waals surface area contributed by atoms with Gasteiger partial charge >= 0.3 is 0 Å². The van der Waals surface area contributed by atoms with Crippen molar-refractivity contribution in [2.24, 2.45) is 4.99 Å². The molecule has 2 heterocycles. The van der Waals surface area contributed by atoms with Crippen molar-refractivity contribution in [3.05, 3.63) is 64.7 Å². The Balaban J connectivity index is 1.53. The zero-order valence-corrected chi connectivity index (χ0v) is 15.3. The lowest BCUT2D eigenvalue weighted by Gasteiger charge is -2.21. The smallest absolute Gasteiger partial charge is 0.226 e. The zero-order chi connectivity index (χ0) is 17.5. The third-order valence-electron chi connectivity index (χ3n) is 3.85. The molecule has 0 atom stereocenters. The fourth-order valence-electron chi connectivity index (χ4n) is 2.49. The van der Waals surface area contributed by atoms with Crippen LogP contribution in [-0.4, -0.2) is 36.5 Å². The minimum atomic E-state index is 0.576. The van der Waals surface area contributed by atoms with Gasteiger partial charge in [0.1, 0.15) is 6.26 Å². The Morgan fingerprint density at radius 1 is 1.24 bits per heavy atom. The van der Waals surface area contributed by atoms with Crippen LogP contribution in [0.15, 0.2) is 63.5 Å². The minimum absolute atomic E-state index is 0.576. The van der Waals surface area contributed by atoms with Crippen molar-refractivity contribution in [3.63, 3.8) is 0 Å². The average Bonchev–Trinajstić information content (AvgIpc) is 3.33. The van der Waals surface area contributed by atoms with E-state index in [1.54, 1.807) is 24.6 Å². The highest BCUT2D eigenvalue weighted by molar-refractivity contribution is 7.09. The monoisotopic (exact) mass is 354 g/mol. The standard InChI is InChI=1S/C19H22N4OS/c1-20-19(23(2)11-10-17-9-6-12-25-17)21-13-16-14-24-18(22-16)15-7-4-3-5-8-15/h3-9,12,14H,10-11,13H2,1-2H3,(H,20,21). The Hall–Kier alpha value is -2.60. The van der Waals surface area contributed by atoms with Crippen molar-refractivity contribution in [3.8, 4) is 11.5 Å². The van der Waals surface area contributed by atoms with Crippen molar-refractivity contribution < 1.29 is 4.42 Å². The maximum atomic E-state index is 5.57. The molecule has 2 aromatic heterocycles. The summed E-state index contributed by atoms with van der Waals surface area (Å²) < 4.78 is 5.57. The molecule has 0 bridgehead atoms. The number of benzene rings is 1. The number of nitrogens with one attached hydrogen (secondary N) is 1. The van der Waals surface area contributed by atoms with Gasteiger partial charge in [0.05, 0.1) is 12.2 Å². The van der Waals surface area contributed by atoms with Crippen LogP contribution in [0.3, 0.4) is 0 Å². The highest BCUT2D eigenvalue weighted by Gasteiger charge is 2.09. The molecule has 3 aromatic rings. The quantitative estimate of drug-likeness (QED) is 0.542. The largest absolute Gasteiger partial charge is 0.444 e. The summed E-state index contributed by atoms with van der Waals surface area (Å²) in [6.07, 6.45) is 2.70.